The maximum atomic E-state index is 3.54. The van der Waals surface area contributed by atoms with Gasteiger partial charge in [0.15, 0.2) is 0 Å². The zero-order valence-corrected chi connectivity index (χ0v) is 12.6. The molecule has 0 atom stereocenters. The summed E-state index contributed by atoms with van der Waals surface area (Å²) in [5.74, 6) is 0. The van der Waals surface area contributed by atoms with E-state index in [0.29, 0.717) is 0 Å². The predicted molar refractivity (Wildman–Crippen MR) is 72.5 cm³/mol. The lowest BCUT2D eigenvalue weighted by atomic mass is 10.1. The SMILES string of the molecule is CCN(Cc1cc(Br)c(Br)s1)C1CNC1. The standard InChI is InChI=1S/C10H14Br2N2S/c1-2-14(7-4-13-5-7)6-8-3-9(11)10(12)15-8/h3,7,13H,2,4-6H2,1H3. The van der Waals surface area contributed by atoms with Crippen LogP contribution < -0.4 is 5.32 Å². The maximum Gasteiger partial charge on any atom is 0.0843 e. The third kappa shape index (κ3) is 2.82. The Hall–Kier alpha value is 0.580. The summed E-state index contributed by atoms with van der Waals surface area (Å²) in [6.07, 6.45) is 0. The summed E-state index contributed by atoms with van der Waals surface area (Å²) in [5.41, 5.74) is 0. The van der Waals surface area contributed by atoms with Crippen LogP contribution in [0.4, 0.5) is 0 Å². The third-order valence-corrected chi connectivity index (χ3v) is 5.98. The molecule has 5 heteroatoms. The van der Waals surface area contributed by atoms with Crippen LogP contribution in [0.25, 0.3) is 0 Å². The molecular formula is C10H14Br2N2S. The first-order valence-electron chi connectivity index (χ1n) is 5.09. The molecule has 1 aliphatic heterocycles. The normalized spacial score (nSPS) is 17.1. The van der Waals surface area contributed by atoms with E-state index in [2.05, 4.69) is 55.1 Å². The molecule has 0 amide bonds. The molecule has 1 aromatic rings. The molecule has 1 aliphatic rings. The highest BCUT2D eigenvalue weighted by Crippen LogP contribution is 2.33. The van der Waals surface area contributed by atoms with Crippen molar-refractivity contribution in [2.24, 2.45) is 0 Å². The first-order valence-corrected chi connectivity index (χ1v) is 7.49. The molecule has 1 saturated heterocycles. The largest absolute Gasteiger partial charge is 0.314 e. The molecule has 0 unspecified atom stereocenters. The second kappa shape index (κ2) is 5.27. The average Bonchev–Trinajstić information content (AvgIpc) is 2.42. The van der Waals surface area contributed by atoms with Gasteiger partial charge in [0.2, 0.25) is 0 Å². The minimum atomic E-state index is 0.731. The van der Waals surface area contributed by atoms with Crippen molar-refractivity contribution in [3.05, 3.63) is 19.2 Å². The highest BCUT2D eigenvalue weighted by Gasteiger charge is 2.23. The van der Waals surface area contributed by atoms with Gasteiger partial charge in [0, 0.05) is 35.0 Å². The quantitative estimate of drug-likeness (QED) is 0.894. The Labute approximate surface area is 111 Å². The van der Waals surface area contributed by atoms with E-state index in [4.69, 9.17) is 0 Å². The molecule has 1 N–H and O–H groups in total. The van der Waals surface area contributed by atoms with E-state index in [0.717, 1.165) is 32.2 Å². The molecule has 84 valence electrons. The lowest BCUT2D eigenvalue weighted by Crippen LogP contribution is -2.56. The molecule has 0 bridgehead atoms. The molecule has 2 heterocycles. The van der Waals surface area contributed by atoms with Crippen molar-refractivity contribution in [2.45, 2.75) is 19.5 Å². The summed E-state index contributed by atoms with van der Waals surface area (Å²) in [5, 5.41) is 3.32. The van der Waals surface area contributed by atoms with Gasteiger partial charge >= 0.3 is 0 Å². The Balaban J connectivity index is 1.99. The second-order valence-corrected chi connectivity index (χ2v) is 7.02. The van der Waals surface area contributed by atoms with Crippen LogP contribution in [0.15, 0.2) is 14.3 Å². The van der Waals surface area contributed by atoms with Crippen LogP contribution in [-0.2, 0) is 6.54 Å². The highest BCUT2D eigenvalue weighted by atomic mass is 79.9. The van der Waals surface area contributed by atoms with Gasteiger partial charge in [0.25, 0.3) is 0 Å². The monoisotopic (exact) mass is 352 g/mol. The fourth-order valence-corrected chi connectivity index (χ4v) is 3.90. The van der Waals surface area contributed by atoms with E-state index in [9.17, 15) is 0 Å². The van der Waals surface area contributed by atoms with E-state index < -0.39 is 0 Å². The molecule has 2 nitrogen and oxygen atoms in total. The zero-order chi connectivity index (χ0) is 10.8. The number of halogens is 2. The van der Waals surface area contributed by atoms with Crippen LogP contribution >= 0.6 is 43.2 Å². The molecule has 0 spiro atoms. The zero-order valence-electron chi connectivity index (χ0n) is 8.59. The molecule has 1 fully saturated rings. The Morgan fingerprint density at radius 2 is 2.27 bits per heavy atom. The lowest BCUT2D eigenvalue weighted by Gasteiger charge is -2.37. The number of nitrogens with zero attached hydrogens (tertiary/aromatic N) is 1. The summed E-state index contributed by atoms with van der Waals surface area (Å²) >= 11 is 8.88. The number of hydrogen-bond acceptors (Lipinski definition) is 3. The van der Waals surface area contributed by atoms with Crippen LogP contribution in [0.2, 0.25) is 0 Å². The Morgan fingerprint density at radius 1 is 1.53 bits per heavy atom. The molecule has 1 aromatic heterocycles. The second-order valence-electron chi connectivity index (χ2n) is 3.71. The van der Waals surface area contributed by atoms with Crippen LogP contribution in [0.3, 0.4) is 0 Å². The van der Waals surface area contributed by atoms with E-state index in [-0.39, 0.29) is 0 Å². The summed E-state index contributed by atoms with van der Waals surface area (Å²) in [4.78, 5) is 3.95. The highest BCUT2D eigenvalue weighted by molar-refractivity contribution is 9.13. The van der Waals surface area contributed by atoms with Crippen molar-refractivity contribution >= 4 is 43.2 Å². The third-order valence-electron chi connectivity index (χ3n) is 2.74. The molecule has 0 radical (unpaired) electrons. The molecule has 15 heavy (non-hydrogen) atoms. The lowest BCUT2D eigenvalue weighted by molar-refractivity contribution is 0.146. The number of rotatable bonds is 4. The van der Waals surface area contributed by atoms with Gasteiger partial charge in [0.1, 0.15) is 0 Å². The number of thiophene rings is 1. The first-order chi connectivity index (χ1) is 7.20. The topological polar surface area (TPSA) is 15.3 Å². The van der Waals surface area contributed by atoms with Gasteiger partial charge in [-0.05, 0) is 44.5 Å². The van der Waals surface area contributed by atoms with Crippen LogP contribution in [0.1, 0.15) is 11.8 Å². The number of nitrogens with one attached hydrogen (secondary N) is 1. The smallest absolute Gasteiger partial charge is 0.0843 e. The molecule has 0 aromatic carbocycles. The van der Waals surface area contributed by atoms with Gasteiger partial charge in [-0.15, -0.1) is 11.3 Å². The Bertz CT molecular complexity index is 317. The van der Waals surface area contributed by atoms with E-state index in [1.54, 1.807) is 0 Å². The fraction of sp³-hybridized carbons (Fsp3) is 0.600. The van der Waals surface area contributed by atoms with Gasteiger partial charge in [-0.1, -0.05) is 6.92 Å². The van der Waals surface area contributed by atoms with Crippen molar-refractivity contribution in [1.29, 1.82) is 0 Å². The minimum Gasteiger partial charge on any atom is -0.314 e. The van der Waals surface area contributed by atoms with Crippen molar-refractivity contribution in [1.82, 2.24) is 10.2 Å². The Morgan fingerprint density at radius 3 is 2.67 bits per heavy atom. The van der Waals surface area contributed by atoms with Gasteiger partial charge < -0.3 is 5.32 Å². The molecule has 0 aliphatic carbocycles. The van der Waals surface area contributed by atoms with Crippen LogP contribution in [0.5, 0.6) is 0 Å². The van der Waals surface area contributed by atoms with Crippen molar-refractivity contribution in [3.63, 3.8) is 0 Å². The van der Waals surface area contributed by atoms with Crippen molar-refractivity contribution in [2.75, 3.05) is 19.6 Å². The number of likely N-dealkylation sites (N-methyl/N-ethyl adjacent to an activating group) is 1. The first kappa shape index (κ1) is 12.0. The Kier molecular flexibility index (Phi) is 4.24. The molecule has 0 saturated carbocycles. The molecular weight excluding hydrogens is 340 g/mol. The van der Waals surface area contributed by atoms with Gasteiger partial charge in [-0.2, -0.15) is 0 Å². The van der Waals surface area contributed by atoms with Crippen molar-refractivity contribution in [3.8, 4) is 0 Å². The van der Waals surface area contributed by atoms with Crippen LogP contribution in [-0.4, -0.2) is 30.6 Å². The maximum absolute atomic E-state index is 3.54. The van der Waals surface area contributed by atoms with E-state index in [1.807, 2.05) is 11.3 Å². The summed E-state index contributed by atoms with van der Waals surface area (Å²) in [6.45, 7) is 6.70. The minimum absolute atomic E-state index is 0.731. The van der Waals surface area contributed by atoms with E-state index >= 15 is 0 Å². The van der Waals surface area contributed by atoms with Crippen LogP contribution in [0, 0.1) is 0 Å². The molecule has 2 rings (SSSR count). The number of hydrogen-bond donors (Lipinski definition) is 1. The average molecular weight is 354 g/mol. The van der Waals surface area contributed by atoms with Gasteiger partial charge in [-0.3, -0.25) is 4.90 Å². The van der Waals surface area contributed by atoms with Gasteiger partial charge in [0.05, 0.1) is 3.79 Å². The van der Waals surface area contributed by atoms with E-state index in [1.165, 1.54) is 13.1 Å². The summed E-state index contributed by atoms with van der Waals surface area (Å²) in [7, 11) is 0. The van der Waals surface area contributed by atoms with Gasteiger partial charge in [-0.25, -0.2) is 0 Å². The fourth-order valence-electron chi connectivity index (χ4n) is 1.70. The summed E-state index contributed by atoms with van der Waals surface area (Å²) in [6, 6.07) is 2.94. The summed E-state index contributed by atoms with van der Waals surface area (Å²) < 4.78 is 2.37. The van der Waals surface area contributed by atoms with Crippen molar-refractivity contribution < 1.29 is 0 Å². The predicted octanol–water partition coefficient (Wildman–Crippen LogP) is 3.07.